The summed E-state index contributed by atoms with van der Waals surface area (Å²) in [6, 6.07) is 10.0. The van der Waals surface area contributed by atoms with Crippen molar-refractivity contribution in [2.75, 3.05) is 0 Å². The number of hydrogen-bond acceptors (Lipinski definition) is 3. The molecular weight excluding hydrogens is 347 g/mol. The van der Waals surface area contributed by atoms with Crippen molar-refractivity contribution in [1.82, 2.24) is 4.57 Å². The Morgan fingerprint density at radius 2 is 1.86 bits per heavy atom. The standard InChI is InChI=1S/C14H10ClFN2O2S2/c1-18-12-7-4-10(16)8-13(12)21-14(18)17-22(19,20)11-5-2-9(15)3-6-11/h2-8H,1H3. The molecule has 0 spiro atoms. The summed E-state index contributed by atoms with van der Waals surface area (Å²) in [6.07, 6.45) is 0. The van der Waals surface area contributed by atoms with E-state index >= 15 is 0 Å². The number of aryl methyl sites for hydroxylation is 1. The maximum atomic E-state index is 13.3. The van der Waals surface area contributed by atoms with E-state index in [9.17, 15) is 12.8 Å². The molecule has 4 nitrogen and oxygen atoms in total. The smallest absolute Gasteiger partial charge is 0.285 e. The zero-order chi connectivity index (χ0) is 15.9. The van der Waals surface area contributed by atoms with Crippen LogP contribution in [0.4, 0.5) is 4.39 Å². The van der Waals surface area contributed by atoms with E-state index in [0.717, 1.165) is 16.9 Å². The molecular formula is C14H10ClFN2O2S2. The lowest BCUT2D eigenvalue weighted by Crippen LogP contribution is -2.13. The molecule has 3 rings (SSSR count). The summed E-state index contributed by atoms with van der Waals surface area (Å²) in [5, 5.41) is 0.446. The SMILES string of the molecule is Cn1c(=NS(=O)(=O)c2ccc(Cl)cc2)sc2cc(F)ccc21. The van der Waals surface area contributed by atoms with Gasteiger partial charge >= 0.3 is 0 Å². The summed E-state index contributed by atoms with van der Waals surface area (Å²) < 4.78 is 44.0. The molecule has 0 saturated carbocycles. The van der Waals surface area contributed by atoms with Gasteiger partial charge in [-0.1, -0.05) is 22.9 Å². The van der Waals surface area contributed by atoms with Crippen molar-refractivity contribution >= 4 is 43.2 Å². The lowest BCUT2D eigenvalue weighted by Gasteiger charge is -1.98. The van der Waals surface area contributed by atoms with Gasteiger partial charge in [-0.25, -0.2) is 4.39 Å². The van der Waals surface area contributed by atoms with Crippen LogP contribution in [0.2, 0.25) is 5.02 Å². The van der Waals surface area contributed by atoms with Gasteiger partial charge in [0.25, 0.3) is 10.0 Å². The van der Waals surface area contributed by atoms with Gasteiger partial charge < -0.3 is 4.57 Å². The molecule has 2 aromatic carbocycles. The Morgan fingerprint density at radius 1 is 1.18 bits per heavy atom. The molecule has 1 aromatic heterocycles. The third-order valence-electron chi connectivity index (χ3n) is 3.08. The van der Waals surface area contributed by atoms with Gasteiger partial charge in [-0.05, 0) is 42.5 Å². The molecule has 22 heavy (non-hydrogen) atoms. The van der Waals surface area contributed by atoms with Crippen molar-refractivity contribution in [2.45, 2.75) is 4.90 Å². The van der Waals surface area contributed by atoms with E-state index in [1.807, 2.05) is 0 Å². The maximum absolute atomic E-state index is 13.3. The number of thiazole rings is 1. The van der Waals surface area contributed by atoms with Crippen LogP contribution in [0.25, 0.3) is 10.2 Å². The first kappa shape index (κ1) is 15.2. The van der Waals surface area contributed by atoms with E-state index in [1.54, 1.807) is 17.7 Å². The molecule has 0 unspecified atom stereocenters. The second-order valence-corrected chi connectivity index (χ2v) is 7.63. The highest BCUT2D eigenvalue weighted by atomic mass is 35.5. The lowest BCUT2D eigenvalue weighted by molar-refractivity contribution is 0.596. The normalized spacial score (nSPS) is 13.0. The quantitative estimate of drug-likeness (QED) is 0.707. The molecule has 0 fully saturated rings. The number of halogens is 2. The Bertz CT molecular complexity index is 1020. The molecule has 3 aromatic rings. The Balaban J connectivity index is 2.19. The Morgan fingerprint density at radius 3 is 2.55 bits per heavy atom. The van der Waals surface area contributed by atoms with Crippen LogP contribution in [0.15, 0.2) is 51.8 Å². The van der Waals surface area contributed by atoms with Crippen LogP contribution in [-0.2, 0) is 17.1 Å². The highest BCUT2D eigenvalue weighted by Crippen LogP contribution is 2.19. The molecule has 0 bridgehead atoms. The third kappa shape index (κ3) is 2.79. The van der Waals surface area contributed by atoms with Gasteiger partial charge in [-0.15, -0.1) is 4.40 Å². The number of benzene rings is 2. The molecule has 0 saturated heterocycles. The molecule has 0 aliphatic carbocycles. The Labute approximate surface area is 135 Å². The highest BCUT2D eigenvalue weighted by Gasteiger charge is 2.14. The molecule has 8 heteroatoms. The fourth-order valence-electron chi connectivity index (χ4n) is 1.96. The highest BCUT2D eigenvalue weighted by molar-refractivity contribution is 7.90. The number of sulfonamides is 1. The van der Waals surface area contributed by atoms with Crippen molar-refractivity contribution < 1.29 is 12.8 Å². The molecule has 0 aliphatic heterocycles. The van der Waals surface area contributed by atoms with Crippen LogP contribution in [-0.4, -0.2) is 13.0 Å². The summed E-state index contributed by atoms with van der Waals surface area (Å²) in [5.41, 5.74) is 0.719. The summed E-state index contributed by atoms with van der Waals surface area (Å²) in [6.45, 7) is 0. The molecule has 0 N–H and O–H groups in total. The molecule has 0 aliphatic rings. The topological polar surface area (TPSA) is 51.4 Å². The molecule has 114 valence electrons. The third-order valence-corrected chi connectivity index (χ3v) is 5.82. The minimum atomic E-state index is -3.85. The number of nitrogens with zero attached hydrogens (tertiary/aromatic N) is 2. The van der Waals surface area contributed by atoms with Gasteiger partial charge in [0.2, 0.25) is 4.80 Å². The second-order valence-electron chi connectivity index (χ2n) is 4.58. The number of fused-ring (bicyclic) bond motifs is 1. The van der Waals surface area contributed by atoms with Crippen LogP contribution in [0.3, 0.4) is 0 Å². The fourth-order valence-corrected chi connectivity index (χ4v) is 4.35. The van der Waals surface area contributed by atoms with E-state index in [2.05, 4.69) is 4.40 Å². The van der Waals surface area contributed by atoms with Crippen molar-refractivity contribution in [3.05, 3.63) is 58.1 Å². The van der Waals surface area contributed by atoms with Gasteiger partial charge in [0.05, 0.1) is 15.1 Å². The average molecular weight is 357 g/mol. The maximum Gasteiger partial charge on any atom is 0.285 e. The van der Waals surface area contributed by atoms with Gasteiger partial charge in [0.1, 0.15) is 5.82 Å². The van der Waals surface area contributed by atoms with E-state index in [-0.39, 0.29) is 15.5 Å². The van der Waals surface area contributed by atoms with Crippen LogP contribution < -0.4 is 4.80 Å². The van der Waals surface area contributed by atoms with E-state index < -0.39 is 10.0 Å². The van der Waals surface area contributed by atoms with Crippen LogP contribution in [0.1, 0.15) is 0 Å². The van der Waals surface area contributed by atoms with Crippen molar-refractivity contribution in [3.63, 3.8) is 0 Å². The van der Waals surface area contributed by atoms with Crippen molar-refractivity contribution in [1.29, 1.82) is 0 Å². The number of aromatic nitrogens is 1. The summed E-state index contributed by atoms with van der Waals surface area (Å²) in [5.74, 6) is -0.374. The molecule has 0 radical (unpaired) electrons. The molecule has 0 amide bonds. The van der Waals surface area contributed by atoms with E-state index in [4.69, 9.17) is 11.6 Å². The predicted octanol–water partition coefficient (Wildman–Crippen LogP) is 3.32. The second kappa shape index (κ2) is 5.49. The van der Waals surface area contributed by atoms with Crippen LogP contribution in [0.5, 0.6) is 0 Å². The van der Waals surface area contributed by atoms with Gasteiger partial charge in [0, 0.05) is 12.1 Å². The predicted molar refractivity (Wildman–Crippen MR) is 85.0 cm³/mol. The summed E-state index contributed by atoms with van der Waals surface area (Å²) in [7, 11) is -2.16. The van der Waals surface area contributed by atoms with E-state index in [0.29, 0.717) is 9.72 Å². The molecule has 0 atom stereocenters. The van der Waals surface area contributed by atoms with Gasteiger partial charge in [-0.2, -0.15) is 8.42 Å². The van der Waals surface area contributed by atoms with Crippen molar-refractivity contribution in [3.8, 4) is 0 Å². The van der Waals surface area contributed by atoms with Crippen molar-refractivity contribution in [2.24, 2.45) is 11.4 Å². The average Bonchev–Trinajstić information content (AvgIpc) is 2.74. The lowest BCUT2D eigenvalue weighted by atomic mass is 10.3. The van der Waals surface area contributed by atoms with Gasteiger partial charge in [-0.3, -0.25) is 0 Å². The fraction of sp³-hybridized carbons (Fsp3) is 0.0714. The minimum absolute atomic E-state index is 0.0561. The first-order valence-electron chi connectivity index (χ1n) is 6.18. The zero-order valence-corrected chi connectivity index (χ0v) is 13.7. The Kier molecular flexibility index (Phi) is 3.80. The zero-order valence-electron chi connectivity index (χ0n) is 11.3. The van der Waals surface area contributed by atoms with Crippen LogP contribution >= 0.6 is 22.9 Å². The summed E-state index contributed by atoms with van der Waals surface area (Å²) in [4.78, 5) is 0.330. The minimum Gasteiger partial charge on any atom is -0.319 e. The largest absolute Gasteiger partial charge is 0.319 e. The number of hydrogen-bond donors (Lipinski definition) is 0. The Hall–Kier alpha value is -1.70. The first-order valence-corrected chi connectivity index (χ1v) is 8.82. The monoisotopic (exact) mass is 356 g/mol. The number of rotatable bonds is 2. The van der Waals surface area contributed by atoms with Gasteiger partial charge in [0.15, 0.2) is 0 Å². The summed E-state index contributed by atoms with van der Waals surface area (Å²) >= 11 is 6.87. The molecule has 1 heterocycles. The first-order chi connectivity index (χ1) is 10.4. The van der Waals surface area contributed by atoms with Crippen LogP contribution in [0, 0.1) is 5.82 Å². The van der Waals surface area contributed by atoms with E-state index in [1.165, 1.54) is 36.4 Å².